The van der Waals surface area contributed by atoms with Gasteiger partial charge in [-0.05, 0) is 30.3 Å². The lowest BCUT2D eigenvalue weighted by molar-refractivity contribution is 0.627. The van der Waals surface area contributed by atoms with Crippen LogP contribution >= 0.6 is 11.6 Å². The molecular weight excluding hydrogens is 353 g/mol. The van der Waals surface area contributed by atoms with Crippen LogP contribution in [0.25, 0.3) is 11.3 Å². The van der Waals surface area contributed by atoms with E-state index in [1.54, 1.807) is 12.3 Å². The van der Waals surface area contributed by atoms with Crippen LogP contribution in [0.3, 0.4) is 0 Å². The van der Waals surface area contributed by atoms with E-state index in [0.29, 0.717) is 17.2 Å². The normalized spacial score (nSPS) is 14.5. The third-order valence-corrected chi connectivity index (χ3v) is 4.64. The topological polar surface area (TPSA) is 45.2 Å². The lowest BCUT2D eigenvalue weighted by Crippen LogP contribution is -2.47. The molecule has 0 unspecified atom stereocenters. The van der Waals surface area contributed by atoms with Crippen LogP contribution < -0.4 is 9.80 Å². The number of piperazine rings is 1. The zero-order valence-corrected chi connectivity index (χ0v) is 14.8. The highest BCUT2D eigenvalue weighted by Gasteiger charge is 2.20. The average molecular weight is 370 g/mol. The molecule has 1 aliphatic heterocycles. The van der Waals surface area contributed by atoms with Crippen LogP contribution in [-0.4, -0.2) is 41.4 Å². The fourth-order valence-electron chi connectivity index (χ4n) is 3.05. The molecule has 0 saturated carbocycles. The van der Waals surface area contributed by atoms with Gasteiger partial charge >= 0.3 is 0 Å². The second kappa shape index (κ2) is 7.25. The van der Waals surface area contributed by atoms with Crippen molar-refractivity contribution >= 4 is 23.2 Å². The summed E-state index contributed by atoms with van der Waals surface area (Å²) in [6.07, 6.45) is 1.56. The van der Waals surface area contributed by atoms with E-state index in [2.05, 4.69) is 31.0 Å². The maximum atomic E-state index is 13.5. The van der Waals surface area contributed by atoms with Gasteiger partial charge in [-0.2, -0.15) is 5.10 Å². The molecule has 1 aromatic heterocycles. The summed E-state index contributed by atoms with van der Waals surface area (Å²) in [5.74, 6) is 0.273. The van der Waals surface area contributed by atoms with Gasteiger partial charge in [-0.3, -0.25) is 0 Å². The Morgan fingerprint density at radius 1 is 0.923 bits per heavy atom. The maximum absolute atomic E-state index is 13.5. The van der Waals surface area contributed by atoms with Crippen molar-refractivity contribution in [3.05, 3.63) is 65.6 Å². The predicted octanol–water partition coefficient (Wildman–Crippen LogP) is 3.66. The molecule has 0 N–H and O–H groups in total. The van der Waals surface area contributed by atoms with E-state index in [4.69, 9.17) is 11.6 Å². The van der Waals surface area contributed by atoms with Crippen LogP contribution in [0.5, 0.6) is 0 Å². The fourth-order valence-corrected chi connectivity index (χ4v) is 3.24. The van der Waals surface area contributed by atoms with E-state index >= 15 is 0 Å². The standard InChI is InChI=1S/C19H17ClFN5/c20-15-4-2-6-17(12-15)25-7-9-26(10-8-25)19-23-18(13-22-24-19)14-3-1-5-16(21)11-14/h1-6,11-13H,7-10H2. The van der Waals surface area contributed by atoms with Crippen LogP contribution in [-0.2, 0) is 0 Å². The fraction of sp³-hybridized carbons (Fsp3) is 0.211. The first-order chi connectivity index (χ1) is 12.7. The molecule has 132 valence electrons. The third kappa shape index (κ3) is 3.60. The summed E-state index contributed by atoms with van der Waals surface area (Å²) < 4.78 is 13.5. The van der Waals surface area contributed by atoms with Crippen LogP contribution in [0.1, 0.15) is 0 Å². The highest BCUT2D eigenvalue weighted by molar-refractivity contribution is 6.30. The number of benzene rings is 2. The van der Waals surface area contributed by atoms with Gasteiger partial charge in [-0.1, -0.05) is 29.8 Å². The Balaban J connectivity index is 1.49. The Labute approximate surface area is 156 Å². The average Bonchev–Trinajstić information content (AvgIpc) is 2.68. The minimum absolute atomic E-state index is 0.294. The number of aromatic nitrogens is 3. The number of hydrogen-bond acceptors (Lipinski definition) is 5. The van der Waals surface area contributed by atoms with E-state index < -0.39 is 0 Å². The van der Waals surface area contributed by atoms with Crippen LogP contribution in [0.4, 0.5) is 16.0 Å². The molecule has 3 aromatic rings. The van der Waals surface area contributed by atoms with Gasteiger partial charge in [0.2, 0.25) is 5.95 Å². The molecule has 0 amide bonds. The Morgan fingerprint density at radius 3 is 2.46 bits per heavy atom. The molecular formula is C19H17ClFN5. The molecule has 4 rings (SSSR count). The molecule has 0 spiro atoms. The molecule has 5 nitrogen and oxygen atoms in total. The predicted molar refractivity (Wildman–Crippen MR) is 101 cm³/mol. The van der Waals surface area contributed by atoms with Gasteiger partial charge in [0, 0.05) is 42.5 Å². The van der Waals surface area contributed by atoms with Crippen molar-refractivity contribution in [2.24, 2.45) is 0 Å². The number of rotatable bonds is 3. The lowest BCUT2D eigenvalue weighted by atomic mass is 10.1. The Kier molecular flexibility index (Phi) is 4.67. The smallest absolute Gasteiger partial charge is 0.246 e. The first kappa shape index (κ1) is 16.7. The highest BCUT2D eigenvalue weighted by Crippen LogP contribution is 2.23. The summed E-state index contributed by atoms with van der Waals surface area (Å²) in [7, 11) is 0. The van der Waals surface area contributed by atoms with Crippen molar-refractivity contribution < 1.29 is 4.39 Å². The van der Waals surface area contributed by atoms with Gasteiger partial charge in [0.05, 0.1) is 11.9 Å². The molecule has 1 fully saturated rings. The Bertz CT molecular complexity index is 912. The molecule has 1 saturated heterocycles. The number of hydrogen-bond donors (Lipinski definition) is 0. The molecule has 0 bridgehead atoms. The first-order valence-corrected chi connectivity index (χ1v) is 8.78. The second-order valence-corrected chi connectivity index (χ2v) is 6.54. The molecule has 1 aliphatic rings. The van der Waals surface area contributed by atoms with E-state index in [1.165, 1.54) is 12.1 Å². The summed E-state index contributed by atoms with van der Waals surface area (Å²) in [5, 5.41) is 8.94. The van der Waals surface area contributed by atoms with Gasteiger partial charge in [0.25, 0.3) is 0 Å². The third-order valence-electron chi connectivity index (χ3n) is 4.40. The van der Waals surface area contributed by atoms with Crippen molar-refractivity contribution in [1.82, 2.24) is 15.2 Å². The number of anilines is 2. The van der Waals surface area contributed by atoms with Crippen molar-refractivity contribution in [1.29, 1.82) is 0 Å². The van der Waals surface area contributed by atoms with Crippen LogP contribution in [0, 0.1) is 5.82 Å². The Morgan fingerprint density at radius 2 is 1.69 bits per heavy atom. The lowest BCUT2D eigenvalue weighted by Gasteiger charge is -2.36. The summed E-state index contributed by atoms with van der Waals surface area (Å²) in [5.41, 5.74) is 2.43. The van der Waals surface area contributed by atoms with Gasteiger partial charge in [0.15, 0.2) is 0 Å². The minimum atomic E-state index is -0.294. The monoisotopic (exact) mass is 369 g/mol. The van der Waals surface area contributed by atoms with Gasteiger partial charge < -0.3 is 9.80 Å². The van der Waals surface area contributed by atoms with E-state index in [-0.39, 0.29) is 5.82 Å². The highest BCUT2D eigenvalue weighted by atomic mass is 35.5. The number of halogens is 2. The second-order valence-electron chi connectivity index (χ2n) is 6.11. The van der Waals surface area contributed by atoms with Gasteiger partial charge in [-0.15, -0.1) is 5.10 Å². The molecule has 26 heavy (non-hydrogen) atoms. The van der Waals surface area contributed by atoms with Crippen LogP contribution in [0.2, 0.25) is 5.02 Å². The van der Waals surface area contributed by atoms with Crippen molar-refractivity contribution in [3.8, 4) is 11.3 Å². The number of nitrogens with zero attached hydrogens (tertiary/aromatic N) is 5. The van der Waals surface area contributed by atoms with E-state index in [1.807, 2.05) is 24.3 Å². The van der Waals surface area contributed by atoms with Crippen molar-refractivity contribution in [2.45, 2.75) is 0 Å². The van der Waals surface area contributed by atoms with Gasteiger partial charge in [0.1, 0.15) is 5.82 Å². The first-order valence-electron chi connectivity index (χ1n) is 8.40. The zero-order chi connectivity index (χ0) is 17.9. The summed E-state index contributed by atoms with van der Waals surface area (Å²) in [4.78, 5) is 8.94. The van der Waals surface area contributed by atoms with Gasteiger partial charge in [-0.25, -0.2) is 9.37 Å². The molecule has 0 radical (unpaired) electrons. The molecule has 0 atom stereocenters. The van der Waals surface area contributed by atoms with E-state index in [9.17, 15) is 4.39 Å². The molecule has 2 heterocycles. The summed E-state index contributed by atoms with van der Waals surface area (Å²) >= 11 is 6.08. The van der Waals surface area contributed by atoms with Crippen molar-refractivity contribution in [2.75, 3.05) is 36.0 Å². The maximum Gasteiger partial charge on any atom is 0.246 e. The summed E-state index contributed by atoms with van der Waals surface area (Å²) in [6, 6.07) is 14.2. The quantitative estimate of drug-likeness (QED) is 0.705. The zero-order valence-electron chi connectivity index (χ0n) is 14.0. The minimum Gasteiger partial charge on any atom is -0.368 e. The largest absolute Gasteiger partial charge is 0.368 e. The van der Waals surface area contributed by atoms with Crippen LogP contribution in [0.15, 0.2) is 54.7 Å². The van der Waals surface area contributed by atoms with E-state index in [0.717, 1.165) is 36.9 Å². The molecule has 2 aromatic carbocycles. The Hall–Kier alpha value is -2.73. The van der Waals surface area contributed by atoms with Crippen molar-refractivity contribution in [3.63, 3.8) is 0 Å². The molecule has 0 aliphatic carbocycles. The SMILES string of the molecule is Fc1cccc(-c2cnnc(N3CCN(c4cccc(Cl)c4)CC3)n2)c1. The molecule has 7 heteroatoms. The summed E-state index contributed by atoms with van der Waals surface area (Å²) in [6.45, 7) is 3.24.